The summed E-state index contributed by atoms with van der Waals surface area (Å²) in [5.41, 5.74) is 11.8. The van der Waals surface area contributed by atoms with Gasteiger partial charge in [-0.05, 0) is 37.7 Å². The zero-order valence-corrected chi connectivity index (χ0v) is 17.4. The largest absolute Gasteiger partial charge is 0.493 e. The van der Waals surface area contributed by atoms with E-state index in [9.17, 15) is 31.1 Å². The zero-order chi connectivity index (χ0) is 24.7. The number of nitrogens with two attached hydrogens (primary N) is 2. The van der Waals surface area contributed by atoms with Gasteiger partial charge in [-0.25, -0.2) is 4.79 Å². The van der Waals surface area contributed by atoms with Crippen molar-refractivity contribution in [2.75, 3.05) is 18.7 Å². The third-order valence-corrected chi connectivity index (χ3v) is 5.02. The molecule has 0 saturated carbocycles. The average molecular weight is 478 g/mol. The molecule has 0 spiro atoms. The van der Waals surface area contributed by atoms with Crippen molar-refractivity contribution in [1.82, 2.24) is 4.90 Å². The number of nitrogens with zero attached hydrogens (tertiary/aromatic N) is 2. The fourth-order valence-corrected chi connectivity index (χ4v) is 3.30. The molecule has 1 aliphatic heterocycles. The van der Waals surface area contributed by atoms with Crippen molar-refractivity contribution in [3.05, 3.63) is 47.5 Å². The molecule has 0 aromatic heterocycles. The first-order valence-corrected chi connectivity index (χ1v) is 9.55. The van der Waals surface area contributed by atoms with Crippen LogP contribution in [0.15, 0.2) is 36.4 Å². The van der Waals surface area contributed by atoms with E-state index in [4.69, 9.17) is 16.2 Å². The van der Waals surface area contributed by atoms with E-state index in [1.54, 1.807) is 6.92 Å². The third-order valence-electron chi connectivity index (χ3n) is 5.02. The maximum atomic E-state index is 13.1. The molecule has 0 aliphatic carbocycles. The molecular formula is C20H20F6N4O3. The molecule has 0 saturated heterocycles. The number of carbonyl (C=O) groups excluding carboxylic acids is 1. The standard InChI is InChI=1S/C20H20F6N4O3/c1-3-32-15-9-11(19(21,22)23)5-7-12(15)10-4-6-13-14(8-10)30(18(28)29(2)16(13)27)33-17(31)20(24,25)26/h4-9,16,18H,3,27-28H2,1-2H3. The second-order valence-electron chi connectivity index (χ2n) is 7.14. The molecule has 2 aromatic rings. The van der Waals surface area contributed by atoms with Gasteiger partial charge in [0.15, 0.2) is 6.29 Å². The molecular weight excluding hydrogens is 458 g/mol. The molecule has 1 aliphatic rings. The Labute approximate surface area is 184 Å². The number of hydrogen-bond donors (Lipinski definition) is 2. The van der Waals surface area contributed by atoms with Crippen LogP contribution in [0.1, 0.15) is 24.2 Å². The summed E-state index contributed by atoms with van der Waals surface area (Å²) in [4.78, 5) is 17.3. The minimum absolute atomic E-state index is 0.0504. The first-order valence-electron chi connectivity index (χ1n) is 9.55. The second kappa shape index (κ2) is 8.72. The summed E-state index contributed by atoms with van der Waals surface area (Å²) in [5, 5.41) is 0.558. The van der Waals surface area contributed by atoms with Gasteiger partial charge >= 0.3 is 18.3 Å². The van der Waals surface area contributed by atoms with Crippen LogP contribution in [0.25, 0.3) is 11.1 Å². The molecule has 2 unspecified atom stereocenters. The van der Waals surface area contributed by atoms with E-state index in [-0.39, 0.29) is 34.7 Å². The Hall–Kier alpha value is -3.03. The van der Waals surface area contributed by atoms with Gasteiger partial charge in [0.05, 0.1) is 24.0 Å². The fourth-order valence-electron chi connectivity index (χ4n) is 3.30. The van der Waals surface area contributed by atoms with Crippen molar-refractivity contribution in [3.63, 3.8) is 0 Å². The second-order valence-corrected chi connectivity index (χ2v) is 7.14. The SMILES string of the molecule is CCOc1cc(C(F)(F)F)ccc1-c1ccc2c(c1)N(OC(=O)C(F)(F)F)C(N)N(C)C2N. The van der Waals surface area contributed by atoms with Crippen molar-refractivity contribution >= 4 is 11.7 Å². The van der Waals surface area contributed by atoms with E-state index in [2.05, 4.69) is 4.84 Å². The number of hydroxylamine groups is 1. The molecule has 33 heavy (non-hydrogen) atoms. The number of anilines is 1. The molecule has 0 fully saturated rings. The van der Waals surface area contributed by atoms with E-state index in [1.807, 2.05) is 0 Å². The summed E-state index contributed by atoms with van der Waals surface area (Å²) < 4.78 is 83.2. The summed E-state index contributed by atoms with van der Waals surface area (Å²) in [6, 6.07) is 7.14. The number of rotatable bonds is 4. The first kappa shape index (κ1) is 24.6. The summed E-state index contributed by atoms with van der Waals surface area (Å²) in [7, 11) is 1.42. The van der Waals surface area contributed by atoms with Crippen molar-refractivity contribution in [2.45, 2.75) is 31.7 Å². The van der Waals surface area contributed by atoms with Gasteiger partial charge in [0.2, 0.25) is 0 Å². The average Bonchev–Trinajstić information content (AvgIpc) is 2.73. The van der Waals surface area contributed by atoms with E-state index in [1.165, 1.54) is 36.2 Å². The molecule has 0 radical (unpaired) electrons. The lowest BCUT2D eigenvalue weighted by Gasteiger charge is -2.43. The number of benzene rings is 2. The summed E-state index contributed by atoms with van der Waals surface area (Å²) >= 11 is 0. The molecule has 0 bridgehead atoms. The van der Waals surface area contributed by atoms with Gasteiger partial charge in [-0.15, -0.1) is 0 Å². The number of fused-ring (bicyclic) bond motifs is 1. The molecule has 3 rings (SSSR count). The number of alkyl halides is 6. The summed E-state index contributed by atoms with van der Waals surface area (Å²) in [5.74, 6) is -2.59. The van der Waals surface area contributed by atoms with Crippen molar-refractivity contribution in [3.8, 4) is 16.9 Å². The van der Waals surface area contributed by atoms with Gasteiger partial charge < -0.3 is 15.3 Å². The molecule has 13 heteroatoms. The zero-order valence-electron chi connectivity index (χ0n) is 17.4. The van der Waals surface area contributed by atoms with Crippen LogP contribution in [0.2, 0.25) is 0 Å². The van der Waals surface area contributed by atoms with Gasteiger partial charge in [-0.3, -0.25) is 10.6 Å². The normalized spacial score (nSPS) is 19.3. The third kappa shape index (κ3) is 4.84. The molecule has 1 heterocycles. The van der Waals surface area contributed by atoms with E-state index in [0.717, 1.165) is 12.1 Å². The number of hydrogen-bond acceptors (Lipinski definition) is 7. The predicted molar refractivity (Wildman–Crippen MR) is 105 cm³/mol. The highest BCUT2D eigenvalue weighted by Gasteiger charge is 2.45. The van der Waals surface area contributed by atoms with E-state index < -0.39 is 36.3 Å². The van der Waals surface area contributed by atoms with Gasteiger partial charge in [0, 0.05) is 11.1 Å². The van der Waals surface area contributed by atoms with Crippen LogP contribution < -0.4 is 21.3 Å². The smallest absolute Gasteiger partial charge is 0.493 e. The summed E-state index contributed by atoms with van der Waals surface area (Å²) in [6.45, 7) is 1.65. The summed E-state index contributed by atoms with van der Waals surface area (Å²) in [6.07, 6.45) is -12.1. The Morgan fingerprint density at radius 2 is 1.73 bits per heavy atom. The minimum Gasteiger partial charge on any atom is -0.493 e. The maximum Gasteiger partial charge on any atom is 0.493 e. The van der Waals surface area contributed by atoms with Crippen LogP contribution in [0.5, 0.6) is 5.75 Å². The van der Waals surface area contributed by atoms with Crippen LogP contribution in [0.3, 0.4) is 0 Å². The Morgan fingerprint density at radius 3 is 2.30 bits per heavy atom. The van der Waals surface area contributed by atoms with E-state index in [0.29, 0.717) is 5.06 Å². The Kier molecular flexibility index (Phi) is 6.51. The van der Waals surface area contributed by atoms with Gasteiger partial charge in [-0.2, -0.15) is 31.4 Å². The Bertz CT molecular complexity index is 1040. The van der Waals surface area contributed by atoms with Crippen LogP contribution >= 0.6 is 0 Å². The highest BCUT2D eigenvalue weighted by atomic mass is 19.4. The lowest BCUT2D eigenvalue weighted by atomic mass is 9.97. The monoisotopic (exact) mass is 478 g/mol. The maximum absolute atomic E-state index is 13.1. The lowest BCUT2D eigenvalue weighted by Crippen LogP contribution is -2.60. The van der Waals surface area contributed by atoms with Crippen LogP contribution in [0, 0.1) is 0 Å². The quantitative estimate of drug-likeness (QED) is 0.647. The highest BCUT2D eigenvalue weighted by molar-refractivity contribution is 5.79. The molecule has 180 valence electrons. The van der Waals surface area contributed by atoms with Gasteiger partial charge in [0.25, 0.3) is 0 Å². The van der Waals surface area contributed by atoms with Crippen LogP contribution in [-0.2, 0) is 15.8 Å². The number of ether oxygens (including phenoxy) is 1. The molecule has 2 atom stereocenters. The first-order chi connectivity index (χ1) is 15.3. The van der Waals surface area contributed by atoms with Gasteiger partial charge in [0.1, 0.15) is 5.75 Å². The molecule has 0 amide bonds. The van der Waals surface area contributed by atoms with Crippen molar-refractivity contribution < 1.29 is 40.7 Å². The van der Waals surface area contributed by atoms with Crippen molar-refractivity contribution in [1.29, 1.82) is 0 Å². The number of carbonyl (C=O) groups is 1. The highest BCUT2D eigenvalue weighted by Crippen LogP contribution is 2.41. The topological polar surface area (TPSA) is 94.0 Å². The van der Waals surface area contributed by atoms with E-state index >= 15 is 0 Å². The van der Waals surface area contributed by atoms with Crippen LogP contribution in [0.4, 0.5) is 32.0 Å². The molecule has 2 aromatic carbocycles. The lowest BCUT2D eigenvalue weighted by molar-refractivity contribution is -0.204. The van der Waals surface area contributed by atoms with Crippen molar-refractivity contribution in [2.24, 2.45) is 11.5 Å². The Morgan fingerprint density at radius 1 is 1.06 bits per heavy atom. The van der Waals surface area contributed by atoms with Crippen LogP contribution in [-0.4, -0.2) is 37.0 Å². The predicted octanol–water partition coefficient (Wildman–Crippen LogP) is 3.74. The van der Waals surface area contributed by atoms with Gasteiger partial charge in [-0.1, -0.05) is 18.2 Å². The molecule has 7 nitrogen and oxygen atoms in total. The minimum atomic E-state index is -5.29. The number of halogens is 6. The Balaban J connectivity index is 2.12. The fraction of sp³-hybridized carbons (Fsp3) is 0.350. The molecule has 4 N–H and O–H groups in total.